The van der Waals surface area contributed by atoms with Crippen LogP contribution in [0.3, 0.4) is 0 Å². The molecule has 78 valence electrons. The van der Waals surface area contributed by atoms with Gasteiger partial charge >= 0.3 is 5.97 Å². The third-order valence-electron chi connectivity index (χ3n) is 1.91. The van der Waals surface area contributed by atoms with Crippen LogP contribution in [0.1, 0.15) is 11.1 Å². The minimum absolute atomic E-state index is 0.0721. The molecule has 2 N–H and O–H groups in total. The van der Waals surface area contributed by atoms with Crippen molar-refractivity contribution in [3.63, 3.8) is 0 Å². The second kappa shape index (κ2) is 4.42. The number of carbonyl (C=O) groups is 1. The number of hydrogen-bond acceptors (Lipinski definition) is 4. The molecule has 0 amide bonds. The summed E-state index contributed by atoms with van der Waals surface area (Å²) in [6, 6.07) is 3.95. The van der Waals surface area contributed by atoms with Crippen LogP contribution in [0.2, 0.25) is 0 Å². The Kier molecular flexibility index (Phi) is 3.24. The minimum atomic E-state index is -0.691. The molecule has 0 radical (unpaired) electrons. The summed E-state index contributed by atoms with van der Waals surface area (Å²) in [6.07, 6.45) is -0.0721. The van der Waals surface area contributed by atoms with E-state index in [1.165, 1.54) is 13.2 Å². The van der Waals surface area contributed by atoms with Crippen LogP contribution in [0.25, 0.3) is 0 Å². The van der Waals surface area contributed by atoms with Gasteiger partial charge in [0.05, 0.1) is 19.1 Å². The first-order valence-electron chi connectivity index (χ1n) is 4.13. The second-order valence-electron chi connectivity index (χ2n) is 2.90. The van der Waals surface area contributed by atoms with Crippen LogP contribution in [0.15, 0.2) is 12.1 Å². The van der Waals surface area contributed by atoms with Crippen LogP contribution in [0, 0.1) is 17.1 Å². The van der Waals surface area contributed by atoms with E-state index in [9.17, 15) is 9.18 Å². The van der Waals surface area contributed by atoms with E-state index < -0.39 is 11.8 Å². The molecule has 5 heteroatoms. The molecule has 0 fully saturated rings. The number of nitrogen functional groups attached to an aromatic ring is 1. The Bertz CT molecular complexity index is 438. The fraction of sp³-hybridized carbons (Fsp3) is 0.200. The summed E-state index contributed by atoms with van der Waals surface area (Å²) in [7, 11) is 1.24. The standard InChI is InChI=1S/C10H9FN2O2/c1-15-10(14)3-6-2-7(5-12)8(11)4-9(6)13/h2,4H,3,13H2,1H3. The minimum Gasteiger partial charge on any atom is -0.469 e. The van der Waals surface area contributed by atoms with Gasteiger partial charge in [0.1, 0.15) is 11.9 Å². The van der Waals surface area contributed by atoms with Crippen molar-refractivity contribution in [1.29, 1.82) is 5.26 Å². The average molecular weight is 208 g/mol. The third-order valence-corrected chi connectivity index (χ3v) is 1.91. The number of rotatable bonds is 2. The van der Waals surface area contributed by atoms with E-state index in [4.69, 9.17) is 11.0 Å². The molecule has 4 nitrogen and oxygen atoms in total. The zero-order valence-corrected chi connectivity index (χ0v) is 8.08. The van der Waals surface area contributed by atoms with Gasteiger partial charge in [-0.25, -0.2) is 4.39 Å². The van der Waals surface area contributed by atoms with E-state index in [-0.39, 0.29) is 17.7 Å². The van der Waals surface area contributed by atoms with Crippen LogP contribution in [-0.4, -0.2) is 13.1 Å². The number of nitrogens with zero attached hydrogens (tertiary/aromatic N) is 1. The molecular formula is C10H9FN2O2. The Morgan fingerprint density at radius 1 is 1.67 bits per heavy atom. The predicted octanol–water partition coefficient (Wildman–Crippen LogP) is 0.995. The van der Waals surface area contributed by atoms with E-state index in [0.29, 0.717) is 5.56 Å². The van der Waals surface area contributed by atoms with Gasteiger partial charge in [0, 0.05) is 5.69 Å². The fourth-order valence-corrected chi connectivity index (χ4v) is 1.10. The van der Waals surface area contributed by atoms with Crippen molar-refractivity contribution in [2.75, 3.05) is 12.8 Å². The molecule has 0 aliphatic rings. The summed E-state index contributed by atoms with van der Waals surface area (Å²) in [5.74, 6) is -1.18. The Balaban J connectivity index is 3.09. The van der Waals surface area contributed by atoms with E-state index >= 15 is 0 Å². The maximum Gasteiger partial charge on any atom is 0.310 e. The van der Waals surface area contributed by atoms with Gasteiger partial charge in [-0.2, -0.15) is 5.26 Å². The Morgan fingerprint density at radius 2 is 2.33 bits per heavy atom. The summed E-state index contributed by atoms with van der Waals surface area (Å²) >= 11 is 0. The van der Waals surface area contributed by atoms with E-state index in [1.54, 1.807) is 6.07 Å². The highest BCUT2D eigenvalue weighted by molar-refractivity contribution is 5.75. The lowest BCUT2D eigenvalue weighted by molar-refractivity contribution is -0.139. The number of ether oxygens (including phenoxy) is 1. The predicted molar refractivity (Wildman–Crippen MR) is 51.2 cm³/mol. The highest BCUT2D eigenvalue weighted by Gasteiger charge is 2.11. The van der Waals surface area contributed by atoms with Crippen molar-refractivity contribution in [2.45, 2.75) is 6.42 Å². The van der Waals surface area contributed by atoms with Crippen molar-refractivity contribution in [2.24, 2.45) is 0 Å². The molecule has 0 bridgehead atoms. The van der Waals surface area contributed by atoms with Crippen LogP contribution in [0.4, 0.5) is 10.1 Å². The van der Waals surface area contributed by atoms with Crippen LogP contribution in [0.5, 0.6) is 0 Å². The zero-order chi connectivity index (χ0) is 11.4. The van der Waals surface area contributed by atoms with E-state index in [1.807, 2.05) is 0 Å². The molecule has 0 aliphatic carbocycles. The van der Waals surface area contributed by atoms with Gasteiger partial charge in [0.2, 0.25) is 0 Å². The van der Waals surface area contributed by atoms with Crippen molar-refractivity contribution >= 4 is 11.7 Å². The molecule has 1 aromatic carbocycles. The quantitative estimate of drug-likeness (QED) is 0.581. The molecule has 0 saturated carbocycles. The summed E-state index contributed by atoms with van der Waals surface area (Å²) in [6.45, 7) is 0. The van der Waals surface area contributed by atoms with Crippen molar-refractivity contribution in [3.8, 4) is 6.07 Å². The molecule has 0 aliphatic heterocycles. The zero-order valence-electron chi connectivity index (χ0n) is 8.08. The maximum absolute atomic E-state index is 13.0. The second-order valence-corrected chi connectivity index (χ2v) is 2.90. The largest absolute Gasteiger partial charge is 0.469 e. The molecule has 0 unspecified atom stereocenters. The molecule has 0 spiro atoms. The average Bonchev–Trinajstić information content (AvgIpc) is 2.21. The Hall–Kier alpha value is -2.09. The molecule has 0 aromatic heterocycles. The van der Waals surface area contributed by atoms with Crippen molar-refractivity contribution in [3.05, 3.63) is 29.1 Å². The number of methoxy groups -OCH3 is 1. The van der Waals surface area contributed by atoms with Gasteiger partial charge in [-0.3, -0.25) is 4.79 Å². The Labute approximate surface area is 86.1 Å². The lowest BCUT2D eigenvalue weighted by Gasteiger charge is -2.05. The van der Waals surface area contributed by atoms with Crippen LogP contribution in [-0.2, 0) is 16.0 Å². The lowest BCUT2D eigenvalue weighted by Crippen LogP contribution is -2.07. The molecule has 0 heterocycles. The normalized spacial score (nSPS) is 9.40. The first-order valence-corrected chi connectivity index (χ1v) is 4.13. The van der Waals surface area contributed by atoms with E-state index in [0.717, 1.165) is 6.07 Å². The number of halogens is 1. The number of benzene rings is 1. The molecule has 0 saturated heterocycles. The SMILES string of the molecule is COC(=O)Cc1cc(C#N)c(F)cc1N. The molecule has 0 atom stereocenters. The van der Waals surface area contributed by atoms with Crippen molar-refractivity contribution in [1.82, 2.24) is 0 Å². The fourth-order valence-electron chi connectivity index (χ4n) is 1.10. The number of hydrogen-bond donors (Lipinski definition) is 1. The number of nitrogens with two attached hydrogens (primary N) is 1. The number of esters is 1. The summed E-state index contributed by atoms with van der Waals surface area (Å²) in [4.78, 5) is 11.0. The lowest BCUT2D eigenvalue weighted by atomic mass is 10.1. The molecule has 1 rings (SSSR count). The molecular weight excluding hydrogens is 199 g/mol. The van der Waals surface area contributed by atoms with Gasteiger partial charge in [0.25, 0.3) is 0 Å². The summed E-state index contributed by atoms with van der Waals surface area (Å²) in [5.41, 5.74) is 5.88. The summed E-state index contributed by atoms with van der Waals surface area (Å²) in [5, 5.41) is 8.58. The molecule has 1 aromatic rings. The van der Waals surface area contributed by atoms with E-state index in [2.05, 4.69) is 4.74 Å². The number of anilines is 1. The maximum atomic E-state index is 13.0. The first kappa shape index (κ1) is 11.0. The first-order chi connectivity index (χ1) is 7.08. The smallest absolute Gasteiger partial charge is 0.310 e. The monoisotopic (exact) mass is 208 g/mol. The van der Waals surface area contributed by atoms with Crippen LogP contribution < -0.4 is 5.73 Å². The van der Waals surface area contributed by atoms with Gasteiger partial charge in [-0.05, 0) is 17.7 Å². The van der Waals surface area contributed by atoms with Gasteiger partial charge in [-0.15, -0.1) is 0 Å². The highest BCUT2D eigenvalue weighted by atomic mass is 19.1. The van der Waals surface area contributed by atoms with Gasteiger partial charge < -0.3 is 10.5 Å². The highest BCUT2D eigenvalue weighted by Crippen LogP contribution is 2.18. The Morgan fingerprint density at radius 3 is 2.87 bits per heavy atom. The van der Waals surface area contributed by atoms with Gasteiger partial charge in [-0.1, -0.05) is 0 Å². The van der Waals surface area contributed by atoms with Crippen LogP contribution >= 0.6 is 0 Å². The summed E-state index contributed by atoms with van der Waals surface area (Å²) < 4.78 is 17.5. The topological polar surface area (TPSA) is 76.1 Å². The number of nitriles is 1. The number of carbonyl (C=O) groups excluding carboxylic acids is 1. The van der Waals surface area contributed by atoms with Crippen molar-refractivity contribution < 1.29 is 13.9 Å². The van der Waals surface area contributed by atoms with Gasteiger partial charge in [0.15, 0.2) is 0 Å². The third kappa shape index (κ3) is 2.44. The molecule has 15 heavy (non-hydrogen) atoms.